The van der Waals surface area contributed by atoms with Gasteiger partial charge in [0.15, 0.2) is 0 Å². The summed E-state index contributed by atoms with van der Waals surface area (Å²) in [6.07, 6.45) is 0. The second-order valence-electron chi connectivity index (χ2n) is 15.7. The van der Waals surface area contributed by atoms with E-state index in [2.05, 4.69) is 220 Å². The molecule has 0 spiro atoms. The van der Waals surface area contributed by atoms with Crippen molar-refractivity contribution in [3.8, 4) is 33.6 Å². The van der Waals surface area contributed by atoms with E-state index in [-0.39, 0.29) is 5.92 Å². The lowest BCUT2D eigenvalue weighted by molar-refractivity contribution is 0.883. The molecule has 13 rings (SSSR count). The third kappa shape index (κ3) is 4.28. The van der Waals surface area contributed by atoms with Gasteiger partial charge in [-0.05, 0) is 81.9 Å². The number of rotatable bonds is 5. The van der Waals surface area contributed by atoms with E-state index >= 15 is 0 Å². The van der Waals surface area contributed by atoms with Gasteiger partial charge in [-0.1, -0.05) is 158 Å². The molecule has 0 saturated heterocycles. The third-order valence-corrected chi connectivity index (χ3v) is 12.7. The minimum atomic E-state index is 0.0498. The van der Waals surface area contributed by atoms with Gasteiger partial charge in [0.05, 0.1) is 39.1 Å². The average molecular weight is 738 g/mol. The Morgan fingerprint density at radius 3 is 1.34 bits per heavy atom. The Bertz CT molecular complexity index is 3340. The molecule has 0 fully saturated rings. The molecule has 9 aromatic carbocycles. The largest absolute Gasteiger partial charge is 0.309 e. The van der Waals surface area contributed by atoms with Gasteiger partial charge in [0.2, 0.25) is 0 Å². The van der Waals surface area contributed by atoms with Crippen molar-refractivity contribution >= 4 is 60.7 Å². The number of nitrogens with zero attached hydrogens (tertiary/aromatic N) is 3. The van der Waals surface area contributed by atoms with Crippen LogP contribution in [0.1, 0.15) is 22.6 Å². The van der Waals surface area contributed by atoms with Crippen LogP contribution in [0, 0.1) is 0 Å². The van der Waals surface area contributed by atoms with E-state index in [4.69, 9.17) is 0 Å². The van der Waals surface area contributed by atoms with Crippen LogP contribution in [0.3, 0.4) is 0 Å². The van der Waals surface area contributed by atoms with E-state index in [0.29, 0.717) is 0 Å². The van der Waals surface area contributed by atoms with Gasteiger partial charge in [0.25, 0.3) is 0 Å². The molecule has 58 heavy (non-hydrogen) atoms. The Kier molecular flexibility index (Phi) is 6.50. The van der Waals surface area contributed by atoms with Crippen LogP contribution in [0.4, 0.5) is 17.1 Å². The Hall–Kier alpha value is -7.62. The number of hydrogen-bond donors (Lipinski definition) is 0. The van der Waals surface area contributed by atoms with Crippen LogP contribution in [0.25, 0.3) is 77.2 Å². The molecule has 0 amide bonds. The average Bonchev–Trinajstić information content (AvgIpc) is 3.82. The molecule has 1 unspecified atom stereocenters. The Morgan fingerprint density at radius 2 is 0.793 bits per heavy atom. The summed E-state index contributed by atoms with van der Waals surface area (Å²) in [5, 5.41) is 5.16. The molecule has 0 saturated carbocycles. The molecule has 2 aliphatic heterocycles. The van der Waals surface area contributed by atoms with Crippen molar-refractivity contribution in [2.24, 2.45) is 0 Å². The molecular formula is C55H35N3. The van der Waals surface area contributed by atoms with Gasteiger partial charge in [0, 0.05) is 44.4 Å². The highest BCUT2D eigenvalue weighted by Crippen LogP contribution is 2.57. The summed E-state index contributed by atoms with van der Waals surface area (Å²) >= 11 is 0. The van der Waals surface area contributed by atoms with Crippen LogP contribution in [-0.4, -0.2) is 9.13 Å². The second-order valence-corrected chi connectivity index (χ2v) is 15.7. The summed E-state index contributed by atoms with van der Waals surface area (Å²) in [5.74, 6) is 0.0498. The highest BCUT2D eigenvalue weighted by atomic mass is 15.2. The van der Waals surface area contributed by atoms with E-state index < -0.39 is 0 Å². The maximum atomic E-state index is 2.59. The normalized spacial score (nSPS) is 13.7. The summed E-state index contributed by atoms with van der Waals surface area (Å²) in [5.41, 5.74) is 19.8. The molecule has 3 heteroatoms. The maximum absolute atomic E-state index is 2.59. The molecule has 270 valence electrons. The zero-order valence-electron chi connectivity index (χ0n) is 31.5. The number of fused-ring (bicyclic) bond motifs is 10. The number of benzene rings is 9. The maximum Gasteiger partial charge on any atom is 0.0765 e. The van der Waals surface area contributed by atoms with Crippen molar-refractivity contribution in [2.45, 2.75) is 5.92 Å². The monoisotopic (exact) mass is 737 g/mol. The summed E-state index contributed by atoms with van der Waals surface area (Å²) in [4.78, 5) is 2.48. The SMILES string of the molecule is c1ccc(-c2ccc(N(c3ccc(-c4ccccc4)cc3)c3ccc4c5c3-n3c6ccccc6c6cccc(c63)C5c3cccc5c6ccccc6n-4c35)cc2)cc1. The van der Waals surface area contributed by atoms with Crippen molar-refractivity contribution in [1.82, 2.24) is 9.13 Å². The van der Waals surface area contributed by atoms with Gasteiger partial charge >= 0.3 is 0 Å². The lowest BCUT2D eigenvalue weighted by atomic mass is 9.77. The molecular weight excluding hydrogens is 703 g/mol. The molecule has 2 aliphatic rings. The van der Waals surface area contributed by atoms with Gasteiger partial charge < -0.3 is 14.0 Å². The highest BCUT2D eigenvalue weighted by Gasteiger charge is 2.40. The highest BCUT2D eigenvalue weighted by molar-refractivity contribution is 6.15. The Balaban J connectivity index is 1.15. The summed E-state index contributed by atoms with van der Waals surface area (Å²) in [7, 11) is 0. The van der Waals surface area contributed by atoms with E-state index in [1.165, 1.54) is 93.9 Å². The van der Waals surface area contributed by atoms with Crippen molar-refractivity contribution in [3.63, 3.8) is 0 Å². The summed E-state index contributed by atoms with van der Waals surface area (Å²) in [6, 6.07) is 76.1. The van der Waals surface area contributed by atoms with Crippen LogP contribution >= 0.6 is 0 Å². The summed E-state index contributed by atoms with van der Waals surface area (Å²) in [6.45, 7) is 0. The van der Waals surface area contributed by atoms with Crippen LogP contribution in [-0.2, 0) is 0 Å². The van der Waals surface area contributed by atoms with E-state index in [0.717, 1.165) is 17.1 Å². The zero-order chi connectivity index (χ0) is 37.9. The number of hydrogen-bond acceptors (Lipinski definition) is 1. The van der Waals surface area contributed by atoms with Crippen LogP contribution < -0.4 is 4.90 Å². The first-order valence-corrected chi connectivity index (χ1v) is 20.1. The molecule has 0 aliphatic carbocycles. The molecule has 0 bridgehead atoms. The Labute approximate surface area is 335 Å². The minimum Gasteiger partial charge on any atom is -0.309 e. The summed E-state index contributed by atoms with van der Waals surface area (Å²) < 4.78 is 5.13. The number of aromatic nitrogens is 2. The van der Waals surface area contributed by atoms with E-state index in [9.17, 15) is 0 Å². The molecule has 3 nitrogen and oxygen atoms in total. The molecule has 4 heterocycles. The molecule has 2 aromatic heterocycles. The third-order valence-electron chi connectivity index (χ3n) is 12.7. The Morgan fingerprint density at radius 1 is 0.345 bits per heavy atom. The molecule has 0 N–H and O–H groups in total. The second kappa shape index (κ2) is 11.9. The van der Waals surface area contributed by atoms with Crippen LogP contribution in [0.2, 0.25) is 0 Å². The standard InChI is InChI=1S/C55H35N3/c1-3-13-35(14-4-1)37-25-29-39(30-26-37)56(40-31-27-38(28-32-40)36-15-5-2-6-16-36)50-34-33-49-52-51(45-21-11-19-43-41-17-7-9-23-47(41)57(49)53(43)45)46-22-12-20-44-42-18-8-10-24-48(42)58(54(44)46)55(50)52/h1-34,51H. The zero-order valence-corrected chi connectivity index (χ0v) is 31.5. The van der Waals surface area contributed by atoms with Gasteiger partial charge in [-0.2, -0.15) is 0 Å². The predicted octanol–water partition coefficient (Wildman–Crippen LogP) is 14.5. The topological polar surface area (TPSA) is 13.1 Å². The minimum absolute atomic E-state index is 0.0498. The predicted molar refractivity (Wildman–Crippen MR) is 242 cm³/mol. The van der Waals surface area contributed by atoms with Gasteiger partial charge in [-0.3, -0.25) is 0 Å². The first-order chi connectivity index (χ1) is 28.8. The lowest BCUT2D eigenvalue weighted by Gasteiger charge is -2.38. The van der Waals surface area contributed by atoms with Gasteiger partial charge in [0.1, 0.15) is 0 Å². The van der Waals surface area contributed by atoms with Crippen molar-refractivity contribution in [1.29, 1.82) is 0 Å². The smallest absolute Gasteiger partial charge is 0.0765 e. The molecule has 11 aromatic rings. The fraction of sp³-hybridized carbons (Fsp3) is 0.0182. The fourth-order valence-electron chi connectivity index (χ4n) is 10.3. The number of para-hydroxylation sites is 4. The fourth-order valence-corrected chi connectivity index (χ4v) is 10.3. The van der Waals surface area contributed by atoms with Crippen LogP contribution in [0.15, 0.2) is 206 Å². The first kappa shape index (κ1) is 31.6. The van der Waals surface area contributed by atoms with Crippen molar-refractivity contribution in [3.05, 3.63) is 223 Å². The number of anilines is 3. The van der Waals surface area contributed by atoms with E-state index in [1.807, 2.05) is 0 Å². The van der Waals surface area contributed by atoms with Crippen molar-refractivity contribution < 1.29 is 0 Å². The quantitative estimate of drug-likeness (QED) is 0.171. The van der Waals surface area contributed by atoms with E-state index in [1.54, 1.807) is 0 Å². The first-order valence-electron chi connectivity index (χ1n) is 20.1. The lowest BCUT2D eigenvalue weighted by Crippen LogP contribution is -2.24. The van der Waals surface area contributed by atoms with Crippen molar-refractivity contribution in [2.75, 3.05) is 4.90 Å². The molecule has 1 atom stereocenters. The van der Waals surface area contributed by atoms with Crippen LogP contribution in [0.5, 0.6) is 0 Å². The van der Waals surface area contributed by atoms with Gasteiger partial charge in [-0.25, -0.2) is 0 Å². The molecule has 0 radical (unpaired) electrons. The van der Waals surface area contributed by atoms with Gasteiger partial charge in [-0.15, -0.1) is 0 Å².